The summed E-state index contributed by atoms with van der Waals surface area (Å²) < 4.78 is 18.0. The van der Waals surface area contributed by atoms with Crippen LogP contribution in [0.25, 0.3) is 0 Å². The molecule has 0 aliphatic carbocycles. The van der Waals surface area contributed by atoms with E-state index in [-0.39, 0.29) is 62.0 Å². The molecule has 0 unspecified atom stereocenters. The van der Waals surface area contributed by atoms with Gasteiger partial charge in [-0.05, 0) is 12.8 Å². The van der Waals surface area contributed by atoms with Crippen LogP contribution in [-0.4, -0.2) is 125 Å². The Hall–Kier alpha value is -3.04. The molecule has 0 aliphatic rings. The standard InChI is InChI=1S/C24H40N6O12S2.2ClH/c1-39-19(33)9-27-21(35)15(29-17(31)7-5-13(25)23(37)41-3)11-43-44-12-16(22(36)28-10-20(34)40-2)30-18(32)8-6-14(26)24(38)42-4;;/h13-16H,5-12,25-26H2,1-4H3,(H,27,35)(H,28,36)(H,29,31)(H,30,32);2*1H/t13-,14-,15-,16-;;/m0../s1. The molecule has 0 spiro atoms. The van der Waals surface area contributed by atoms with E-state index in [0.717, 1.165) is 50.0 Å². The zero-order chi connectivity index (χ0) is 33.7. The van der Waals surface area contributed by atoms with Crippen LogP contribution in [-0.2, 0) is 57.3 Å². The molecule has 0 aromatic heterocycles. The fourth-order valence-electron chi connectivity index (χ4n) is 2.95. The zero-order valence-corrected chi connectivity index (χ0v) is 28.9. The van der Waals surface area contributed by atoms with Crippen molar-refractivity contribution in [2.75, 3.05) is 53.0 Å². The molecule has 0 aromatic carbocycles. The highest BCUT2D eigenvalue weighted by Gasteiger charge is 2.26. The van der Waals surface area contributed by atoms with Crippen LogP contribution in [0.2, 0.25) is 0 Å². The molecule has 0 rings (SSSR count). The molecule has 46 heavy (non-hydrogen) atoms. The topological polar surface area (TPSA) is 274 Å². The summed E-state index contributed by atoms with van der Waals surface area (Å²) >= 11 is 0. The van der Waals surface area contributed by atoms with E-state index in [1.165, 1.54) is 0 Å². The van der Waals surface area contributed by atoms with E-state index in [4.69, 9.17) is 11.5 Å². The lowest BCUT2D eigenvalue weighted by Gasteiger charge is -2.20. The van der Waals surface area contributed by atoms with E-state index < -0.39 is 84.8 Å². The molecule has 0 fully saturated rings. The fraction of sp³-hybridized carbons (Fsp3) is 0.667. The van der Waals surface area contributed by atoms with Gasteiger partial charge in [0.05, 0.1) is 28.4 Å². The van der Waals surface area contributed by atoms with Crippen LogP contribution >= 0.6 is 46.4 Å². The molecule has 4 amide bonds. The van der Waals surface area contributed by atoms with Crippen molar-refractivity contribution in [1.82, 2.24) is 21.3 Å². The van der Waals surface area contributed by atoms with Crippen LogP contribution in [0.3, 0.4) is 0 Å². The number of amides is 4. The molecule has 0 saturated carbocycles. The monoisotopic (exact) mass is 740 g/mol. The molecule has 0 bridgehead atoms. The van der Waals surface area contributed by atoms with E-state index in [0.29, 0.717) is 0 Å². The summed E-state index contributed by atoms with van der Waals surface area (Å²) in [6, 6.07) is -4.40. The third-order valence-corrected chi connectivity index (χ3v) is 7.92. The first-order valence-electron chi connectivity index (χ1n) is 13.0. The normalized spacial score (nSPS) is 12.6. The summed E-state index contributed by atoms with van der Waals surface area (Å²) in [4.78, 5) is 96.1. The molecule has 4 atom stereocenters. The Morgan fingerprint density at radius 3 is 1.20 bits per heavy atom. The number of halogens is 2. The average Bonchev–Trinajstić information content (AvgIpc) is 3.02. The highest BCUT2D eigenvalue weighted by Crippen LogP contribution is 2.23. The molecule has 18 nitrogen and oxygen atoms in total. The minimum absolute atomic E-state index is 0. The molecule has 0 aliphatic heterocycles. The predicted molar refractivity (Wildman–Crippen MR) is 172 cm³/mol. The fourth-order valence-corrected chi connectivity index (χ4v) is 5.28. The van der Waals surface area contributed by atoms with Crippen LogP contribution in [0.15, 0.2) is 0 Å². The lowest BCUT2D eigenvalue weighted by atomic mass is 10.1. The third-order valence-electron chi connectivity index (χ3n) is 5.50. The van der Waals surface area contributed by atoms with Gasteiger partial charge in [0, 0.05) is 24.3 Å². The number of methoxy groups -OCH3 is 4. The van der Waals surface area contributed by atoms with Gasteiger partial charge in [0.1, 0.15) is 37.3 Å². The molecule has 0 aromatic rings. The van der Waals surface area contributed by atoms with Gasteiger partial charge >= 0.3 is 23.9 Å². The van der Waals surface area contributed by atoms with E-state index >= 15 is 0 Å². The maximum atomic E-state index is 12.7. The number of hydrogen-bond acceptors (Lipinski definition) is 16. The molecule has 0 radical (unpaired) electrons. The number of nitrogens with one attached hydrogen (secondary N) is 4. The zero-order valence-electron chi connectivity index (χ0n) is 25.7. The summed E-state index contributed by atoms with van der Waals surface area (Å²) in [5, 5.41) is 9.67. The van der Waals surface area contributed by atoms with Gasteiger partial charge in [0.25, 0.3) is 0 Å². The summed E-state index contributed by atoms with van der Waals surface area (Å²) in [5.74, 6) is -5.60. The number of esters is 4. The van der Waals surface area contributed by atoms with Crippen LogP contribution in [0.4, 0.5) is 0 Å². The van der Waals surface area contributed by atoms with Gasteiger partial charge in [0.2, 0.25) is 23.6 Å². The van der Waals surface area contributed by atoms with E-state index in [9.17, 15) is 38.4 Å². The number of carbonyl (C=O) groups is 8. The number of carbonyl (C=O) groups excluding carboxylic acids is 8. The number of rotatable bonds is 21. The van der Waals surface area contributed by atoms with Crippen molar-refractivity contribution in [3.05, 3.63) is 0 Å². The van der Waals surface area contributed by atoms with E-state index in [1.807, 2.05) is 0 Å². The Morgan fingerprint density at radius 2 is 0.913 bits per heavy atom. The van der Waals surface area contributed by atoms with Gasteiger partial charge in [-0.15, -0.1) is 24.8 Å². The van der Waals surface area contributed by atoms with Crippen LogP contribution in [0.1, 0.15) is 25.7 Å². The Bertz CT molecular complexity index is 952. The van der Waals surface area contributed by atoms with Gasteiger partial charge in [0.15, 0.2) is 0 Å². The van der Waals surface area contributed by atoms with Gasteiger partial charge in [-0.3, -0.25) is 38.4 Å². The molecule has 0 heterocycles. The van der Waals surface area contributed by atoms with E-state index in [1.54, 1.807) is 0 Å². The number of ether oxygens (including phenoxy) is 4. The maximum Gasteiger partial charge on any atom is 0.325 e. The van der Waals surface area contributed by atoms with Crippen molar-refractivity contribution in [3.8, 4) is 0 Å². The highest BCUT2D eigenvalue weighted by molar-refractivity contribution is 8.76. The summed E-state index contributed by atoms with van der Waals surface area (Å²) in [6.45, 7) is -0.915. The minimum Gasteiger partial charge on any atom is -0.468 e. The highest BCUT2D eigenvalue weighted by atomic mass is 35.5. The van der Waals surface area contributed by atoms with Gasteiger partial charge < -0.3 is 51.7 Å². The van der Waals surface area contributed by atoms with Crippen molar-refractivity contribution in [1.29, 1.82) is 0 Å². The summed E-state index contributed by atoms with van der Waals surface area (Å²) in [7, 11) is 6.68. The van der Waals surface area contributed by atoms with Crippen molar-refractivity contribution in [3.63, 3.8) is 0 Å². The second-order valence-electron chi connectivity index (χ2n) is 8.73. The van der Waals surface area contributed by atoms with Gasteiger partial charge in [-0.2, -0.15) is 0 Å². The maximum absolute atomic E-state index is 12.7. The third kappa shape index (κ3) is 20.9. The Morgan fingerprint density at radius 1 is 0.587 bits per heavy atom. The van der Waals surface area contributed by atoms with Crippen LogP contribution in [0.5, 0.6) is 0 Å². The summed E-state index contributed by atoms with van der Waals surface area (Å²) in [5.41, 5.74) is 11.3. The minimum atomic E-state index is -1.15. The Labute approximate surface area is 286 Å². The Balaban J connectivity index is -0.00000924. The lowest BCUT2D eigenvalue weighted by Crippen LogP contribution is -2.50. The van der Waals surface area contributed by atoms with Crippen molar-refractivity contribution in [2.45, 2.75) is 49.9 Å². The van der Waals surface area contributed by atoms with Gasteiger partial charge in [-0.25, -0.2) is 0 Å². The van der Waals surface area contributed by atoms with Gasteiger partial charge in [-0.1, -0.05) is 21.6 Å². The summed E-state index contributed by atoms with van der Waals surface area (Å²) in [6.07, 6.45) is -0.515. The molecular weight excluding hydrogens is 699 g/mol. The first-order valence-corrected chi connectivity index (χ1v) is 15.5. The first kappa shape index (κ1) is 47.4. The van der Waals surface area contributed by atoms with Crippen LogP contribution in [0, 0.1) is 0 Å². The number of hydrogen-bond donors (Lipinski definition) is 6. The lowest BCUT2D eigenvalue weighted by molar-refractivity contribution is -0.143. The van der Waals surface area contributed by atoms with Crippen molar-refractivity contribution in [2.24, 2.45) is 11.5 Å². The molecule has 22 heteroatoms. The predicted octanol–water partition coefficient (Wildman–Crippen LogP) is -2.68. The van der Waals surface area contributed by atoms with Crippen molar-refractivity contribution >= 4 is 93.9 Å². The van der Waals surface area contributed by atoms with E-state index in [2.05, 4.69) is 40.2 Å². The average molecular weight is 742 g/mol. The van der Waals surface area contributed by atoms with Crippen LogP contribution < -0.4 is 32.7 Å². The second-order valence-corrected chi connectivity index (χ2v) is 11.3. The first-order chi connectivity index (χ1) is 20.8. The van der Waals surface area contributed by atoms with Crippen molar-refractivity contribution < 1.29 is 57.3 Å². The number of nitrogens with two attached hydrogens (primary N) is 2. The molecule has 0 saturated heterocycles. The SMILES string of the molecule is COC(=O)CNC(=O)[C@H](CSSC[C@H](NC(=O)CC[C@H](N)C(=O)OC)C(=O)NCC(=O)OC)NC(=O)CC[C@H](N)C(=O)OC.Cl.Cl. The smallest absolute Gasteiger partial charge is 0.325 e. The molecule has 8 N–H and O–H groups in total. The quantitative estimate of drug-likeness (QED) is 0.0303. The molecular formula is C24H42Cl2N6O12S2. The second kappa shape index (κ2) is 27.1. The molecule has 266 valence electrons. The largest absolute Gasteiger partial charge is 0.468 e. The Kier molecular flexibility index (Phi) is 27.9.